The quantitative estimate of drug-likeness (QED) is 0.248. The van der Waals surface area contributed by atoms with Crippen molar-refractivity contribution in [1.29, 1.82) is 0 Å². The van der Waals surface area contributed by atoms with E-state index in [-0.39, 0.29) is 11.6 Å². The first kappa shape index (κ1) is 26.4. The number of H-pyrrole nitrogens is 1. The number of aromatic nitrogens is 1. The van der Waals surface area contributed by atoms with Gasteiger partial charge >= 0.3 is 12.4 Å². The maximum absolute atomic E-state index is 13.5. The van der Waals surface area contributed by atoms with Crippen molar-refractivity contribution in [2.45, 2.75) is 38.0 Å². The normalized spacial score (nSPS) is 15.8. The highest BCUT2D eigenvalue weighted by Crippen LogP contribution is 2.40. The minimum absolute atomic E-state index is 0.111. The van der Waals surface area contributed by atoms with Crippen molar-refractivity contribution in [3.63, 3.8) is 0 Å². The van der Waals surface area contributed by atoms with Gasteiger partial charge in [0.25, 0.3) is 0 Å². The summed E-state index contributed by atoms with van der Waals surface area (Å²) in [5.74, 6) is 0.600. The number of fused-ring (bicyclic) bond motifs is 1. The fourth-order valence-corrected chi connectivity index (χ4v) is 5.44. The fraction of sp³-hybridized carbons (Fsp3) is 0.333. The van der Waals surface area contributed by atoms with Crippen LogP contribution in [0.5, 0.6) is 0 Å². The van der Waals surface area contributed by atoms with Crippen LogP contribution in [0.25, 0.3) is 22.2 Å². The van der Waals surface area contributed by atoms with Crippen LogP contribution in [-0.4, -0.2) is 29.5 Å². The number of rotatable bonds is 6. The molecule has 0 unspecified atom stereocenters. The topological polar surface area (TPSA) is 19.0 Å². The van der Waals surface area contributed by atoms with Crippen LogP contribution in [0.3, 0.4) is 0 Å². The van der Waals surface area contributed by atoms with Crippen LogP contribution < -0.4 is 0 Å². The minimum atomic E-state index is -4.90. The summed E-state index contributed by atoms with van der Waals surface area (Å²) in [7, 11) is 0. The van der Waals surface area contributed by atoms with E-state index in [0.717, 1.165) is 55.4 Å². The van der Waals surface area contributed by atoms with Gasteiger partial charge in [-0.15, -0.1) is 0 Å². The van der Waals surface area contributed by atoms with Gasteiger partial charge in [-0.2, -0.15) is 26.3 Å². The van der Waals surface area contributed by atoms with E-state index in [1.54, 1.807) is 12.1 Å². The Hall–Kier alpha value is -3.26. The molecule has 0 radical (unpaired) electrons. The lowest BCUT2D eigenvalue weighted by Gasteiger charge is -2.32. The molecule has 1 fully saturated rings. The predicted octanol–water partition coefficient (Wildman–Crippen LogP) is 8.37. The molecule has 0 spiro atoms. The standard InChI is InChI=1S/C30H28F6N2/c31-29(32,33)23-17-22(18-24(19-23)30(34,35)36)28-26(25-8-4-5-9-27(25)37-28)12-15-38-13-10-21(11-14-38)16-20-6-2-1-3-7-20/h1-9,17-19,21,37H,10-16H2. The maximum Gasteiger partial charge on any atom is 0.416 e. The summed E-state index contributed by atoms with van der Waals surface area (Å²) in [5.41, 5.74) is 0.319. The van der Waals surface area contributed by atoms with Gasteiger partial charge in [0, 0.05) is 23.1 Å². The first-order chi connectivity index (χ1) is 18.1. The van der Waals surface area contributed by atoms with Gasteiger partial charge in [-0.25, -0.2) is 0 Å². The number of hydrogen-bond donors (Lipinski definition) is 1. The molecule has 200 valence electrons. The van der Waals surface area contributed by atoms with Crippen LogP contribution in [0.2, 0.25) is 0 Å². The Morgan fingerprint density at radius 3 is 2.00 bits per heavy atom. The van der Waals surface area contributed by atoms with Crippen LogP contribution in [0, 0.1) is 5.92 Å². The molecule has 0 atom stereocenters. The smallest absolute Gasteiger partial charge is 0.354 e. The monoisotopic (exact) mass is 530 g/mol. The molecule has 0 bridgehead atoms. The Morgan fingerprint density at radius 1 is 0.763 bits per heavy atom. The number of nitrogens with one attached hydrogen (secondary N) is 1. The van der Waals surface area contributed by atoms with E-state index < -0.39 is 23.5 Å². The second-order valence-electron chi connectivity index (χ2n) is 10.0. The second kappa shape index (κ2) is 10.5. The zero-order chi connectivity index (χ0) is 26.9. The molecule has 0 aliphatic carbocycles. The highest BCUT2D eigenvalue weighted by atomic mass is 19.4. The van der Waals surface area contributed by atoms with Gasteiger partial charge in [-0.05, 0) is 85.6 Å². The number of hydrogen-bond acceptors (Lipinski definition) is 1. The van der Waals surface area contributed by atoms with Crippen LogP contribution in [0.4, 0.5) is 26.3 Å². The third kappa shape index (κ3) is 5.90. The van der Waals surface area contributed by atoms with Crippen LogP contribution in [-0.2, 0) is 25.2 Å². The number of aromatic amines is 1. The summed E-state index contributed by atoms with van der Waals surface area (Å²) in [6.07, 6.45) is -6.13. The number of likely N-dealkylation sites (tertiary alicyclic amines) is 1. The lowest BCUT2D eigenvalue weighted by molar-refractivity contribution is -0.143. The van der Waals surface area contributed by atoms with E-state index in [9.17, 15) is 26.3 Å². The average Bonchev–Trinajstić information content (AvgIpc) is 3.26. The number of nitrogens with zero attached hydrogens (tertiary/aromatic N) is 1. The van der Waals surface area contributed by atoms with Gasteiger partial charge in [0.05, 0.1) is 11.1 Å². The largest absolute Gasteiger partial charge is 0.416 e. The molecule has 0 amide bonds. The Bertz CT molecular complexity index is 1350. The molecule has 1 saturated heterocycles. The molecule has 2 nitrogen and oxygen atoms in total. The molecule has 38 heavy (non-hydrogen) atoms. The van der Waals surface area contributed by atoms with Crippen molar-refractivity contribution < 1.29 is 26.3 Å². The molecule has 1 aromatic heterocycles. The molecule has 2 heterocycles. The Balaban J connectivity index is 1.39. The molecule has 8 heteroatoms. The Morgan fingerprint density at radius 2 is 1.37 bits per heavy atom. The maximum atomic E-state index is 13.5. The molecular formula is C30H28F6N2. The zero-order valence-electron chi connectivity index (χ0n) is 20.7. The van der Waals surface area contributed by atoms with Crippen LogP contribution in [0.15, 0.2) is 72.8 Å². The SMILES string of the molecule is FC(F)(F)c1cc(-c2[nH]c3ccccc3c2CCN2CCC(Cc3ccccc3)CC2)cc(C(F)(F)F)c1. The highest BCUT2D eigenvalue weighted by Gasteiger charge is 2.37. The summed E-state index contributed by atoms with van der Waals surface area (Å²) in [6.45, 7) is 2.51. The van der Waals surface area contributed by atoms with E-state index in [1.165, 1.54) is 5.56 Å². The molecule has 4 aromatic rings. The first-order valence-electron chi connectivity index (χ1n) is 12.7. The highest BCUT2D eigenvalue weighted by molar-refractivity contribution is 5.91. The van der Waals surface area contributed by atoms with Crippen molar-refractivity contribution in [2.24, 2.45) is 5.92 Å². The minimum Gasteiger partial charge on any atom is -0.354 e. The van der Waals surface area contributed by atoms with Crippen LogP contribution >= 0.6 is 0 Å². The van der Waals surface area contributed by atoms with Crippen molar-refractivity contribution in [1.82, 2.24) is 9.88 Å². The summed E-state index contributed by atoms with van der Waals surface area (Å²) >= 11 is 0. The number of benzene rings is 3. The van der Waals surface area contributed by atoms with Gasteiger partial charge in [0.1, 0.15) is 0 Å². The third-order valence-electron chi connectivity index (χ3n) is 7.44. The zero-order valence-corrected chi connectivity index (χ0v) is 20.7. The van der Waals surface area contributed by atoms with E-state index in [0.29, 0.717) is 30.1 Å². The Labute approximate surface area is 217 Å². The van der Waals surface area contributed by atoms with Gasteiger partial charge in [-0.3, -0.25) is 0 Å². The lowest BCUT2D eigenvalue weighted by atomic mass is 9.90. The fourth-order valence-electron chi connectivity index (χ4n) is 5.44. The van der Waals surface area contributed by atoms with E-state index in [1.807, 2.05) is 30.3 Å². The van der Waals surface area contributed by atoms with Crippen molar-refractivity contribution in [3.8, 4) is 11.3 Å². The molecule has 1 aliphatic heterocycles. The van der Waals surface area contributed by atoms with E-state index in [4.69, 9.17) is 0 Å². The van der Waals surface area contributed by atoms with Gasteiger partial charge in [0.2, 0.25) is 0 Å². The predicted molar refractivity (Wildman–Crippen MR) is 137 cm³/mol. The molecule has 3 aromatic carbocycles. The number of halogens is 6. The molecule has 5 rings (SSSR count). The van der Waals surface area contributed by atoms with Crippen molar-refractivity contribution >= 4 is 10.9 Å². The lowest BCUT2D eigenvalue weighted by Crippen LogP contribution is -2.35. The first-order valence-corrected chi connectivity index (χ1v) is 12.7. The number of alkyl halides is 6. The molecule has 1 aliphatic rings. The number of piperidine rings is 1. The van der Waals surface area contributed by atoms with Crippen LogP contribution in [0.1, 0.15) is 35.1 Å². The molecular weight excluding hydrogens is 502 g/mol. The summed E-state index contributed by atoms with van der Waals surface area (Å²) in [5, 5.41) is 0.812. The van der Waals surface area contributed by atoms with Gasteiger partial charge < -0.3 is 9.88 Å². The summed E-state index contributed by atoms with van der Waals surface area (Å²) in [6, 6.07) is 19.4. The summed E-state index contributed by atoms with van der Waals surface area (Å²) in [4.78, 5) is 5.44. The average molecular weight is 531 g/mol. The molecule has 0 saturated carbocycles. The van der Waals surface area contributed by atoms with Crippen molar-refractivity contribution in [3.05, 3.63) is 95.1 Å². The van der Waals surface area contributed by atoms with Gasteiger partial charge in [-0.1, -0.05) is 48.5 Å². The van der Waals surface area contributed by atoms with E-state index in [2.05, 4.69) is 22.0 Å². The summed E-state index contributed by atoms with van der Waals surface area (Å²) < 4.78 is 81.2. The van der Waals surface area contributed by atoms with E-state index >= 15 is 0 Å². The second-order valence-corrected chi connectivity index (χ2v) is 10.0. The molecule has 1 N–H and O–H groups in total. The van der Waals surface area contributed by atoms with Gasteiger partial charge in [0.15, 0.2) is 0 Å². The number of para-hydroxylation sites is 1. The Kier molecular flexibility index (Phi) is 7.27. The third-order valence-corrected chi connectivity index (χ3v) is 7.44. The van der Waals surface area contributed by atoms with Crippen molar-refractivity contribution in [2.75, 3.05) is 19.6 Å².